The van der Waals surface area contributed by atoms with Crippen molar-refractivity contribution in [1.29, 1.82) is 0 Å². The number of hydrogen-bond donors (Lipinski definition) is 1. The highest BCUT2D eigenvalue weighted by Crippen LogP contribution is 2.57. The Morgan fingerprint density at radius 3 is 2.58 bits per heavy atom. The zero-order chi connectivity index (χ0) is 12.8. The molecule has 0 amide bonds. The molecule has 5 rings (SSSR count). The average Bonchev–Trinajstić information content (AvgIpc) is 2.44. The van der Waals surface area contributed by atoms with Gasteiger partial charge < -0.3 is 5.11 Å². The maximum absolute atomic E-state index is 10.5. The molecular weight excluding hydrogens is 232 g/mol. The molecule has 0 spiro atoms. The van der Waals surface area contributed by atoms with E-state index >= 15 is 0 Å². The summed E-state index contributed by atoms with van der Waals surface area (Å²) in [7, 11) is 0. The molecule has 102 valence electrons. The lowest BCUT2D eigenvalue weighted by Crippen LogP contribution is -2.53. The molecule has 1 nitrogen and oxygen atoms in total. The van der Waals surface area contributed by atoms with Crippen LogP contribution in [0.4, 0.5) is 0 Å². The first-order chi connectivity index (χ1) is 9.31. The summed E-state index contributed by atoms with van der Waals surface area (Å²) in [5, 5.41) is 10.5. The van der Waals surface area contributed by atoms with Gasteiger partial charge in [-0.2, -0.15) is 0 Å². The van der Waals surface area contributed by atoms with E-state index in [1.165, 1.54) is 44.1 Å². The highest BCUT2D eigenvalue weighted by atomic mass is 16.3. The van der Waals surface area contributed by atoms with Crippen LogP contribution in [0.2, 0.25) is 0 Å². The van der Waals surface area contributed by atoms with Gasteiger partial charge in [0.2, 0.25) is 0 Å². The normalized spacial score (nSPS) is 43.6. The van der Waals surface area contributed by atoms with Crippen LogP contribution in [0.25, 0.3) is 0 Å². The molecule has 19 heavy (non-hydrogen) atoms. The monoisotopic (exact) mass is 256 g/mol. The molecule has 4 fully saturated rings. The number of benzene rings is 1. The van der Waals surface area contributed by atoms with E-state index in [-0.39, 0.29) is 6.10 Å². The van der Waals surface area contributed by atoms with Gasteiger partial charge in [-0.1, -0.05) is 30.3 Å². The van der Waals surface area contributed by atoms with Crippen molar-refractivity contribution in [2.75, 3.05) is 0 Å². The van der Waals surface area contributed by atoms with E-state index in [4.69, 9.17) is 0 Å². The molecule has 1 aromatic rings. The van der Waals surface area contributed by atoms with Crippen LogP contribution in [0, 0.1) is 29.6 Å². The average molecular weight is 256 g/mol. The molecule has 1 heteroatoms. The molecule has 0 radical (unpaired) electrons. The van der Waals surface area contributed by atoms with E-state index in [1.807, 2.05) is 0 Å². The summed E-state index contributed by atoms with van der Waals surface area (Å²) in [4.78, 5) is 0. The molecule has 4 saturated carbocycles. The SMILES string of the molecule is O[C@@H]1[C@@H]2CC3C[C@@H](C2)[C@H](CCc2ccccc2)[C@H]1C3. The highest BCUT2D eigenvalue weighted by molar-refractivity contribution is 5.15. The number of rotatable bonds is 3. The van der Waals surface area contributed by atoms with E-state index < -0.39 is 0 Å². The Kier molecular flexibility index (Phi) is 2.91. The number of aryl methyl sites for hydroxylation is 1. The van der Waals surface area contributed by atoms with Crippen LogP contribution in [-0.2, 0) is 6.42 Å². The zero-order valence-corrected chi connectivity index (χ0v) is 11.5. The first-order valence-electron chi connectivity index (χ1n) is 8.03. The number of hydrogen-bond acceptors (Lipinski definition) is 1. The summed E-state index contributed by atoms with van der Waals surface area (Å²) in [6, 6.07) is 10.9. The molecule has 1 unspecified atom stereocenters. The largest absolute Gasteiger partial charge is 0.393 e. The fourth-order valence-corrected chi connectivity index (χ4v) is 5.43. The van der Waals surface area contributed by atoms with Crippen molar-refractivity contribution in [2.45, 2.75) is 44.6 Å². The third kappa shape index (κ3) is 2.03. The minimum atomic E-state index is 0.0218. The predicted molar refractivity (Wildman–Crippen MR) is 76.7 cm³/mol. The maximum atomic E-state index is 10.5. The fraction of sp³-hybridized carbons (Fsp3) is 0.667. The van der Waals surface area contributed by atoms with Crippen LogP contribution in [-0.4, -0.2) is 11.2 Å². The molecule has 4 bridgehead atoms. The van der Waals surface area contributed by atoms with Crippen molar-refractivity contribution in [2.24, 2.45) is 29.6 Å². The van der Waals surface area contributed by atoms with E-state index in [0.717, 1.165) is 17.8 Å². The lowest BCUT2D eigenvalue weighted by atomic mass is 9.50. The summed E-state index contributed by atoms with van der Waals surface area (Å²) in [6.45, 7) is 0. The molecule has 1 N–H and O–H groups in total. The van der Waals surface area contributed by atoms with Crippen LogP contribution < -0.4 is 0 Å². The van der Waals surface area contributed by atoms with Crippen LogP contribution in [0.1, 0.15) is 37.7 Å². The van der Waals surface area contributed by atoms with Gasteiger partial charge in [-0.05, 0) is 73.7 Å². The van der Waals surface area contributed by atoms with Crippen molar-refractivity contribution in [3.05, 3.63) is 35.9 Å². The number of aliphatic hydroxyl groups is 1. The van der Waals surface area contributed by atoms with Crippen molar-refractivity contribution >= 4 is 0 Å². The Morgan fingerprint density at radius 2 is 1.74 bits per heavy atom. The summed E-state index contributed by atoms with van der Waals surface area (Å²) in [5.74, 6) is 3.94. The Bertz CT molecular complexity index is 440. The van der Waals surface area contributed by atoms with Gasteiger partial charge >= 0.3 is 0 Å². The topological polar surface area (TPSA) is 20.2 Å². The van der Waals surface area contributed by atoms with Crippen LogP contribution >= 0.6 is 0 Å². The molecule has 0 heterocycles. The second kappa shape index (κ2) is 4.63. The summed E-state index contributed by atoms with van der Waals surface area (Å²) >= 11 is 0. The van der Waals surface area contributed by atoms with Gasteiger partial charge in [-0.15, -0.1) is 0 Å². The Balaban J connectivity index is 1.47. The van der Waals surface area contributed by atoms with Crippen molar-refractivity contribution < 1.29 is 5.11 Å². The minimum absolute atomic E-state index is 0.0218. The van der Waals surface area contributed by atoms with Crippen molar-refractivity contribution in [3.63, 3.8) is 0 Å². The molecule has 0 aromatic heterocycles. The van der Waals surface area contributed by atoms with Gasteiger partial charge in [-0.3, -0.25) is 0 Å². The number of aliphatic hydroxyl groups excluding tert-OH is 1. The lowest BCUT2D eigenvalue weighted by Gasteiger charge is -2.57. The standard InChI is InChI=1S/C18H24O/c19-18-15-9-13-8-14(11-15)16(17(18)10-13)7-6-12-4-2-1-3-5-12/h1-5,13-19H,6-11H2/t13?,14-,15+,16-,17+,18+/m0/s1. The smallest absolute Gasteiger partial charge is 0.0599 e. The van der Waals surface area contributed by atoms with Gasteiger partial charge in [0.15, 0.2) is 0 Å². The molecule has 4 aliphatic carbocycles. The first-order valence-corrected chi connectivity index (χ1v) is 8.03. The van der Waals surface area contributed by atoms with Crippen LogP contribution in [0.3, 0.4) is 0 Å². The summed E-state index contributed by atoms with van der Waals surface area (Å²) in [6.07, 6.45) is 7.91. The predicted octanol–water partition coefficient (Wildman–Crippen LogP) is 3.66. The second-order valence-corrected chi connectivity index (χ2v) is 7.17. The van der Waals surface area contributed by atoms with Crippen LogP contribution in [0.15, 0.2) is 30.3 Å². The van der Waals surface area contributed by atoms with E-state index in [0.29, 0.717) is 11.8 Å². The lowest BCUT2D eigenvalue weighted by molar-refractivity contribution is -0.131. The van der Waals surface area contributed by atoms with Gasteiger partial charge in [-0.25, -0.2) is 0 Å². The van der Waals surface area contributed by atoms with E-state index in [1.54, 1.807) is 0 Å². The fourth-order valence-electron chi connectivity index (χ4n) is 5.43. The Morgan fingerprint density at radius 1 is 0.947 bits per heavy atom. The summed E-state index contributed by atoms with van der Waals surface area (Å²) in [5.41, 5.74) is 1.46. The van der Waals surface area contributed by atoms with Crippen molar-refractivity contribution in [1.82, 2.24) is 0 Å². The first kappa shape index (κ1) is 12.0. The molecular formula is C18H24O. The molecule has 1 aromatic carbocycles. The molecule has 0 saturated heterocycles. The molecule has 6 atom stereocenters. The Hall–Kier alpha value is -0.820. The van der Waals surface area contributed by atoms with Crippen LogP contribution in [0.5, 0.6) is 0 Å². The third-order valence-corrected chi connectivity index (χ3v) is 6.17. The van der Waals surface area contributed by atoms with E-state index in [9.17, 15) is 5.11 Å². The minimum Gasteiger partial charge on any atom is -0.393 e. The third-order valence-electron chi connectivity index (χ3n) is 6.17. The summed E-state index contributed by atoms with van der Waals surface area (Å²) < 4.78 is 0. The van der Waals surface area contributed by atoms with Gasteiger partial charge in [0.25, 0.3) is 0 Å². The zero-order valence-electron chi connectivity index (χ0n) is 11.5. The van der Waals surface area contributed by atoms with Gasteiger partial charge in [0.1, 0.15) is 0 Å². The highest BCUT2D eigenvalue weighted by Gasteiger charge is 2.52. The van der Waals surface area contributed by atoms with Crippen molar-refractivity contribution in [3.8, 4) is 0 Å². The Labute approximate surface area is 116 Å². The quantitative estimate of drug-likeness (QED) is 0.875. The molecule has 0 aliphatic heterocycles. The van der Waals surface area contributed by atoms with E-state index in [2.05, 4.69) is 30.3 Å². The van der Waals surface area contributed by atoms with Gasteiger partial charge in [0, 0.05) is 0 Å². The second-order valence-electron chi connectivity index (χ2n) is 7.17. The molecule has 4 aliphatic rings. The maximum Gasteiger partial charge on any atom is 0.0599 e. The van der Waals surface area contributed by atoms with Gasteiger partial charge in [0.05, 0.1) is 6.10 Å².